The molecule has 0 bridgehead atoms. The van der Waals surface area contributed by atoms with E-state index in [-0.39, 0.29) is 22.4 Å². The van der Waals surface area contributed by atoms with Gasteiger partial charge in [-0.2, -0.15) is 0 Å². The number of rotatable bonds is 0. The standard InChI is InChI=1S/Au.2ClH.Zn/h;2*1H;/q;;;+2/p-2. The van der Waals surface area contributed by atoms with Crippen LogP contribution in [0.4, 0.5) is 0 Å². The molecule has 0 unspecified atom stereocenters. The van der Waals surface area contributed by atoms with Crippen molar-refractivity contribution in [3.8, 4) is 0 Å². The fraction of sp³-hybridized carbons (Fsp3) is 0. The third kappa shape index (κ3) is 9.05. The van der Waals surface area contributed by atoms with Gasteiger partial charge in [0.1, 0.15) is 0 Å². The van der Waals surface area contributed by atoms with E-state index in [2.05, 4.69) is 0 Å². The third-order valence-corrected chi connectivity index (χ3v) is 0. The molecule has 1 radical (unpaired) electrons. The van der Waals surface area contributed by atoms with Crippen LogP contribution in [-0.2, 0) is 37.5 Å². The van der Waals surface area contributed by atoms with Crippen molar-refractivity contribution in [1.29, 1.82) is 0 Å². The summed E-state index contributed by atoms with van der Waals surface area (Å²) in [4.78, 5) is 0. The van der Waals surface area contributed by atoms with Crippen LogP contribution in [0.1, 0.15) is 0 Å². The molecule has 0 aliphatic rings. The molecule has 0 spiro atoms. The Balaban J connectivity index is 0. The molecule has 0 aromatic heterocycles. The van der Waals surface area contributed by atoms with Crippen LogP contribution in [0, 0.1) is 0 Å². The zero-order valence-electron chi connectivity index (χ0n) is 1.76. The van der Waals surface area contributed by atoms with E-state index in [1.165, 1.54) is 0 Å². The number of hydrogen-bond acceptors (Lipinski definition) is 0. The molecule has 0 aliphatic carbocycles. The summed E-state index contributed by atoms with van der Waals surface area (Å²) >= 11 is -0.931. The molecule has 0 heterocycles. The molecule has 0 N–H and O–H groups in total. The van der Waals surface area contributed by atoms with Crippen molar-refractivity contribution in [1.82, 2.24) is 0 Å². The van der Waals surface area contributed by atoms with Gasteiger partial charge in [-0.1, -0.05) is 0 Å². The molecule has 4 heteroatoms. The second kappa shape index (κ2) is 8.87. The molecular formula is AuCl2Zn. The van der Waals surface area contributed by atoms with Crippen LogP contribution in [0.25, 0.3) is 0 Å². The van der Waals surface area contributed by atoms with Gasteiger partial charge in [0.25, 0.3) is 0 Å². The van der Waals surface area contributed by atoms with E-state index in [0.717, 1.165) is 0 Å². The summed E-state index contributed by atoms with van der Waals surface area (Å²) in [5.41, 5.74) is 0. The van der Waals surface area contributed by atoms with Crippen LogP contribution in [0.15, 0.2) is 0 Å². The molecule has 0 fully saturated rings. The van der Waals surface area contributed by atoms with Crippen molar-refractivity contribution in [3.63, 3.8) is 0 Å². The molecule has 0 saturated carbocycles. The maximum absolute atomic E-state index is 4.95. The Kier molecular flexibility index (Phi) is 20.7. The Hall–Kier alpha value is 1.94. The maximum atomic E-state index is 4.95. The Labute approximate surface area is 56.4 Å². The minimum atomic E-state index is -0.931. The zero-order chi connectivity index (χ0) is 2.71. The molecular weight excluding hydrogens is 333 g/mol. The van der Waals surface area contributed by atoms with Crippen molar-refractivity contribution in [2.75, 3.05) is 0 Å². The van der Waals surface area contributed by atoms with Crippen molar-refractivity contribution in [2.24, 2.45) is 0 Å². The summed E-state index contributed by atoms with van der Waals surface area (Å²) in [5, 5.41) is 0. The SMILES string of the molecule is [Au].[Cl][Zn][Cl]. The Morgan fingerprint density at radius 1 is 1.25 bits per heavy atom. The first kappa shape index (κ1) is 9.34. The summed E-state index contributed by atoms with van der Waals surface area (Å²) in [6.07, 6.45) is 0. The Morgan fingerprint density at radius 3 is 1.25 bits per heavy atom. The second-order valence-electron chi connectivity index (χ2n) is 0.101. The molecule has 0 aromatic rings. The summed E-state index contributed by atoms with van der Waals surface area (Å²) in [6, 6.07) is 0. The first-order valence-corrected chi connectivity index (χ1v) is 8.33. The quantitative estimate of drug-likeness (QED) is 0.588. The Bertz CT molecular complexity index is 6.00. The molecule has 4 heavy (non-hydrogen) atoms. The predicted octanol–water partition coefficient (Wildman–Crippen LogP) is 1.37. The van der Waals surface area contributed by atoms with Crippen LogP contribution < -0.4 is 0 Å². The van der Waals surface area contributed by atoms with Gasteiger partial charge in [-0.05, 0) is 0 Å². The van der Waals surface area contributed by atoms with E-state index in [1.807, 2.05) is 0 Å². The van der Waals surface area contributed by atoms with Gasteiger partial charge < -0.3 is 0 Å². The summed E-state index contributed by atoms with van der Waals surface area (Å²) in [5.74, 6) is 0. The van der Waals surface area contributed by atoms with E-state index < -0.39 is 15.1 Å². The third-order valence-electron chi connectivity index (χ3n) is 0. The Morgan fingerprint density at radius 2 is 1.25 bits per heavy atom. The minimum absolute atomic E-state index is 0. The average Bonchev–Trinajstić information content (AvgIpc) is 0.918. The summed E-state index contributed by atoms with van der Waals surface area (Å²) < 4.78 is 0. The zero-order valence-corrected chi connectivity index (χ0v) is 8.41. The van der Waals surface area contributed by atoms with Crippen LogP contribution in [-0.4, -0.2) is 0 Å². The van der Waals surface area contributed by atoms with Gasteiger partial charge in [0.15, 0.2) is 0 Å². The fourth-order valence-corrected chi connectivity index (χ4v) is 0. The van der Waals surface area contributed by atoms with E-state index in [4.69, 9.17) is 19.4 Å². The molecule has 0 nitrogen and oxygen atoms in total. The second-order valence-corrected chi connectivity index (χ2v) is 4.72. The van der Waals surface area contributed by atoms with Crippen molar-refractivity contribution in [2.45, 2.75) is 0 Å². The van der Waals surface area contributed by atoms with Crippen LogP contribution in [0.2, 0.25) is 0 Å². The van der Waals surface area contributed by atoms with Crippen LogP contribution in [0.3, 0.4) is 0 Å². The van der Waals surface area contributed by atoms with E-state index in [9.17, 15) is 0 Å². The van der Waals surface area contributed by atoms with Gasteiger partial charge in [-0.15, -0.1) is 0 Å². The molecule has 0 rings (SSSR count). The predicted molar refractivity (Wildman–Crippen MR) is 11.7 cm³/mol. The first-order valence-electron chi connectivity index (χ1n) is 0.535. The van der Waals surface area contributed by atoms with Gasteiger partial charge in [0, 0.05) is 22.4 Å². The van der Waals surface area contributed by atoms with Crippen molar-refractivity contribution in [3.05, 3.63) is 0 Å². The van der Waals surface area contributed by atoms with E-state index in [1.54, 1.807) is 0 Å². The van der Waals surface area contributed by atoms with Gasteiger partial charge in [0.2, 0.25) is 0 Å². The van der Waals surface area contributed by atoms with Gasteiger partial charge >= 0.3 is 34.5 Å². The van der Waals surface area contributed by atoms with Crippen molar-refractivity contribution >= 4 is 19.4 Å². The normalized spacial score (nSPS) is 2.50. The topological polar surface area (TPSA) is 0 Å². The average molecular weight is 333 g/mol. The van der Waals surface area contributed by atoms with Crippen LogP contribution in [0.5, 0.6) is 0 Å². The molecule has 0 amide bonds. The molecule has 0 aliphatic heterocycles. The fourth-order valence-electron chi connectivity index (χ4n) is 0. The monoisotopic (exact) mass is 331 g/mol. The van der Waals surface area contributed by atoms with Crippen LogP contribution >= 0.6 is 19.4 Å². The molecule has 0 atom stereocenters. The van der Waals surface area contributed by atoms with Gasteiger partial charge in [-0.25, -0.2) is 0 Å². The number of hydrogen-bond donors (Lipinski definition) is 0. The van der Waals surface area contributed by atoms with Gasteiger partial charge in [-0.3, -0.25) is 0 Å². The van der Waals surface area contributed by atoms with E-state index in [0.29, 0.717) is 0 Å². The van der Waals surface area contributed by atoms with Crippen molar-refractivity contribution < 1.29 is 37.5 Å². The first-order chi connectivity index (χ1) is 1.41. The molecule has 0 saturated heterocycles. The summed E-state index contributed by atoms with van der Waals surface area (Å²) in [7, 11) is 9.90. The molecule has 0 aromatic carbocycles. The number of halogens is 2. The van der Waals surface area contributed by atoms with E-state index >= 15 is 0 Å². The summed E-state index contributed by atoms with van der Waals surface area (Å²) in [6.45, 7) is 0. The molecule has 27 valence electrons. The van der Waals surface area contributed by atoms with Gasteiger partial charge in [0.05, 0.1) is 0 Å².